The van der Waals surface area contributed by atoms with Crippen molar-refractivity contribution >= 4 is 15.9 Å². The van der Waals surface area contributed by atoms with Gasteiger partial charge in [-0.05, 0) is 24.2 Å². The second-order valence-corrected chi connectivity index (χ2v) is 5.63. The van der Waals surface area contributed by atoms with E-state index in [9.17, 15) is 13.2 Å². The van der Waals surface area contributed by atoms with Crippen molar-refractivity contribution in [1.82, 2.24) is 10.6 Å². The second kappa shape index (κ2) is 7.22. The van der Waals surface area contributed by atoms with Crippen LogP contribution in [0.3, 0.4) is 0 Å². The number of sulfonamides is 1. The monoisotopic (exact) mass is 285 g/mol. The maximum absolute atomic E-state index is 11.5. The molecule has 4 N–H and O–H groups in total. The first kappa shape index (κ1) is 15.6. The highest BCUT2D eigenvalue weighted by Crippen LogP contribution is 2.08. The Hall–Kier alpha value is -1.44. The molecule has 6 nitrogen and oxygen atoms in total. The zero-order chi connectivity index (χ0) is 14.3. The van der Waals surface area contributed by atoms with Crippen molar-refractivity contribution in [2.75, 3.05) is 13.1 Å². The summed E-state index contributed by atoms with van der Waals surface area (Å²) in [5.74, 6) is -0.0449. The summed E-state index contributed by atoms with van der Waals surface area (Å²) in [5.41, 5.74) is 0.823. The molecular weight excluding hydrogens is 266 g/mol. The lowest BCUT2D eigenvalue weighted by Crippen LogP contribution is -2.27. The molecule has 0 aliphatic rings. The van der Waals surface area contributed by atoms with E-state index in [4.69, 9.17) is 5.14 Å². The molecular formula is C12H19N3O3S. The highest BCUT2D eigenvalue weighted by Gasteiger charge is 2.07. The summed E-state index contributed by atoms with van der Waals surface area (Å²) in [6.07, 6.45) is 0.420. The minimum absolute atomic E-state index is 0.0449. The Morgan fingerprint density at radius 3 is 2.42 bits per heavy atom. The van der Waals surface area contributed by atoms with Crippen LogP contribution in [0.15, 0.2) is 29.2 Å². The van der Waals surface area contributed by atoms with Crippen LogP contribution in [0.1, 0.15) is 18.9 Å². The van der Waals surface area contributed by atoms with Gasteiger partial charge in [0.05, 0.1) is 4.90 Å². The van der Waals surface area contributed by atoms with Gasteiger partial charge in [-0.25, -0.2) is 13.6 Å². The molecule has 0 fully saturated rings. The molecule has 0 atom stereocenters. The van der Waals surface area contributed by atoms with Gasteiger partial charge < -0.3 is 10.6 Å². The molecule has 0 spiro atoms. The molecule has 0 aromatic heterocycles. The topological polar surface area (TPSA) is 101 Å². The quantitative estimate of drug-likeness (QED) is 0.611. The summed E-state index contributed by atoms with van der Waals surface area (Å²) in [6, 6.07) is 6.11. The lowest BCUT2D eigenvalue weighted by atomic mass is 10.2. The molecule has 19 heavy (non-hydrogen) atoms. The van der Waals surface area contributed by atoms with Crippen molar-refractivity contribution in [2.24, 2.45) is 5.14 Å². The molecule has 0 unspecified atom stereocenters. The van der Waals surface area contributed by atoms with Gasteiger partial charge in [0.15, 0.2) is 0 Å². The molecule has 1 rings (SSSR count). The van der Waals surface area contributed by atoms with Crippen LogP contribution in [0.4, 0.5) is 0 Å². The van der Waals surface area contributed by atoms with E-state index in [1.165, 1.54) is 12.1 Å². The van der Waals surface area contributed by atoms with Crippen LogP contribution in [0.2, 0.25) is 0 Å². The van der Waals surface area contributed by atoms with Crippen molar-refractivity contribution in [3.63, 3.8) is 0 Å². The van der Waals surface area contributed by atoms with Crippen LogP contribution < -0.4 is 15.8 Å². The fourth-order valence-corrected chi connectivity index (χ4v) is 1.98. The number of carbonyl (C=O) groups is 1. The maximum Gasteiger partial charge on any atom is 0.238 e. The van der Waals surface area contributed by atoms with Gasteiger partial charge >= 0.3 is 0 Å². The summed E-state index contributed by atoms with van der Waals surface area (Å²) in [5, 5.41) is 10.8. The third kappa shape index (κ3) is 5.82. The van der Waals surface area contributed by atoms with Gasteiger partial charge in [0.25, 0.3) is 0 Å². The van der Waals surface area contributed by atoms with Gasteiger partial charge in [-0.15, -0.1) is 0 Å². The molecule has 0 heterocycles. The molecule has 1 amide bonds. The number of primary sulfonamides is 1. The number of hydrogen-bond donors (Lipinski definition) is 3. The number of amides is 1. The van der Waals surface area contributed by atoms with E-state index >= 15 is 0 Å². The molecule has 1 aromatic rings. The maximum atomic E-state index is 11.5. The smallest absolute Gasteiger partial charge is 0.238 e. The molecule has 0 bridgehead atoms. The normalized spacial score (nSPS) is 11.3. The zero-order valence-electron chi connectivity index (χ0n) is 10.8. The Morgan fingerprint density at radius 2 is 1.89 bits per heavy atom. The Labute approximate surface area is 113 Å². The van der Waals surface area contributed by atoms with Crippen LogP contribution in [0.25, 0.3) is 0 Å². The van der Waals surface area contributed by atoms with E-state index in [1.54, 1.807) is 12.1 Å². The molecule has 7 heteroatoms. The Kier molecular flexibility index (Phi) is 5.94. The molecule has 1 aromatic carbocycles. The summed E-state index contributed by atoms with van der Waals surface area (Å²) < 4.78 is 22.1. The van der Waals surface area contributed by atoms with Crippen molar-refractivity contribution in [3.05, 3.63) is 29.8 Å². The van der Waals surface area contributed by atoms with Crippen molar-refractivity contribution < 1.29 is 13.2 Å². The third-order valence-corrected chi connectivity index (χ3v) is 3.45. The number of benzene rings is 1. The van der Waals surface area contributed by atoms with E-state index in [-0.39, 0.29) is 10.8 Å². The Bertz CT molecular complexity index is 512. The van der Waals surface area contributed by atoms with Gasteiger partial charge in [0, 0.05) is 19.5 Å². The van der Waals surface area contributed by atoms with E-state index in [0.717, 1.165) is 12.1 Å². The summed E-state index contributed by atoms with van der Waals surface area (Å²) >= 11 is 0. The fraction of sp³-hybridized carbons (Fsp3) is 0.417. The van der Waals surface area contributed by atoms with Crippen LogP contribution in [0, 0.1) is 0 Å². The van der Waals surface area contributed by atoms with E-state index in [2.05, 4.69) is 10.6 Å². The fourth-order valence-electron chi connectivity index (χ4n) is 1.46. The first-order valence-electron chi connectivity index (χ1n) is 6.02. The highest BCUT2D eigenvalue weighted by molar-refractivity contribution is 7.89. The Balaban J connectivity index is 2.44. The van der Waals surface area contributed by atoms with Crippen molar-refractivity contribution in [1.29, 1.82) is 0 Å². The predicted octanol–water partition coefficient (Wildman–Crippen LogP) is -0.0502. The molecule has 0 aliphatic carbocycles. The van der Waals surface area contributed by atoms with Crippen LogP contribution in [-0.4, -0.2) is 27.4 Å². The summed E-state index contributed by atoms with van der Waals surface area (Å²) in [7, 11) is -3.66. The van der Waals surface area contributed by atoms with Crippen molar-refractivity contribution in [2.45, 2.75) is 24.8 Å². The van der Waals surface area contributed by atoms with E-state index in [0.29, 0.717) is 19.5 Å². The summed E-state index contributed by atoms with van der Waals surface area (Å²) in [4.78, 5) is 11.5. The molecule has 0 radical (unpaired) electrons. The number of rotatable bonds is 7. The van der Waals surface area contributed by atoms with Gasteiger partial charge in [0.2, 0.25) is 15.9 Å². The molecule has 106 valence electrons. The third-order valence-electron chi connectivity index (χ3n) is 2.52. The number of nitrogens with two attached hydrogens (primary N) is 1. The predicted molar refractivity (Wildman–Crippen MR) is 72.8 cm³/mol. The van der Waals surface area contributed by atoms with Gasteiger partial charge in [-0.1, -0.05) is 19.1 Å². The van der Waals surface area contributed by atoms with Gasteiger partial charge in [-0.2, -0.15) is 0 Å². The van der Waals surface area contributed by atoms with Gasteiger partial charge in [0.1, 0.15) is 0 Å². The standard InChI is InChI=1S/C12H19N3O3S/c1-2-14-8-7-12(16)15-9-10-3-5-11(6-4-10)19(13,17)18/h3-6,14H,2,7-9H2,1H3,(H,15,16)(H2,13,17,18). The number of hydrogen-bond acceptors (Lipinski definition) is 4. The number of nitrogens with one attached hydrogen (secondary N) is 2. The SMILES string of the molecule is CCNCCC(=O)NCc1ccc(S(N)(=O)=O)cc1. The van der Waals surface area contributed by atoms with Crippen LogP contribution >= 0.6 is 0 Å². The van der Waals surface area contributed by atoms with Crippen LogP contribution in [-0.2, 0) is 21.4 Å². The lowest BCUT2D eigenvalue weighted by Gasteiger charge is -2.06. The average molecular weight is 285 g/mol. The lowest BCUT2D eigenvalue weighted by molar-refractivity contribution is -0.121. The second-order valence-electron chi connectivity index (χ2n) is 4.07. The highest BCUT2D eigenvalue weighted by atomic mass is 32.2. The van der Waals surface area contributed by atoms with Crippen LogP contribution in [0.5, 0.6) is 0 Å². The Morgan fingerprint density at radius 1 is 1.26 bits per heavy atom. The van der Waals surface area contributed by atoms with E-state index < -0.39 is 10.0 Å². The zero-order valence-corrected chi connectivity index (χ0v) is 11.7. The average Bonchev–Trinajstić information content (AvgIpc) is 2.36. The molecule has 0 aliphatic heterocycles. The first-order chi connectivity index (χ1) is 8.93. The van der Waals surface area contributed by atoms with E-state index in [1.807, 2.05) is 6.92 Å². The molecule has 0 saturated carbocycles. The largest absolute Gasteiger partial charge is 0.352 e. The minimum atomic E-state index is -3.66. The summed E-state index contributed by atoms with van der Waals surface area (Å²) in [6.45, 7) is 3.83. The minimum Gasteiger partial charge on any atom is -0.352 e. The van der Waals surface area contributed by atoms with Gasteiger partial charge in [-0.3, -0.25) is 4.79 Å². The molecule has 0 saturated heterocycles. The number of carbonyl (C=O) groups excluding carboxylic acids is 1. The first-order valence-corrected chi connectivity index (χ1v) is 7.57. The van der Waals surface area contributed by atoms with Crippen molar-refractivity contribution in [3.8, 4) is 0 Å².